The van der Waals surface area contributed by atoms with Crippen molar-refractivity contribution < 1.29 is 87.8 Å². The maximum atomic E-state index is 15.4. The Morgan fingerprint density at radius 1 is 0.303 bits per heavy atom. The van der Waals surface area contributed by atoms with Crippen molar-refractivity contribution in [1.82, 2.24) is 0 Å². The topological polar surface area (TPSA) is 0 Å². The number of halogens is 20. The van der Waals surface area contributed by atoms with E-state index in [2.05, 4.69) is 91.4 Å². The van der Waals surface area contributed by atoms with Crippen LogP contribution in [0, 0.1) is 123 Å². The molecule has 0 saturated heterocycles. The van der Waals surface area contributed by atoms with Gasteiger partial charge in [0, 0.05) is 36.3 Å². The Bertz CT molecular complexity index is 2630. The maximum absolute atomic E-state index is 15.4. The minimum absolute atomic E-state index is 0.524. The van der Waals surface area contributed by atoms with Crippen molar-refractivity contribution in [1.29, 1.82) is 0 Å². The van der Waals surface area contributed by atoms with Gasteiger partial charge < -0.3 is 0 Å². The lowest BCUT2D eigenvalue weighted by Gasteiger charge is -2.44. The summed E-state index contributed by atoms with van der Waals surface area (Å²) >= 11 is 0. The molecule has 0 bridgehead atoms. The van der Waals surface area contributed by atoms with Gasteiger partial charge in [0.05, 0.1) is 17.4 Å². The van der Waals surface area contributed by atoms with E-state index >= 15 is 35.1 Å². The standard InChI is InChI=1S/C24BF20.C21H17/c26-5-1(6(27)14(35)21(42)13(5)34)25(2-7(28)15(36)22(43)16(37)8(2)29,3-9(30)17(38)23(44)18(39)10(3)31)4-11(32)19(40)24(45)20(41)12(4)33;1-4-10-16(11-5-1)19-20(17-12-6-2-7-13-17)21(19)18-14-8-3-9-15-18/h;1-15,19-20H/q-1;+1. The Balaban J connectivity index is 0.000000254. The van der Waals surface area contributed by atoms with Crippen LogP contribution >= 0.6 is 0 Å². The van der Waals surface area contributed by atoms with Crippen LogP contribution < -0.4 is 21.9 Å². The molecule has 6 aromatic rings. The fraction of sp³-hybridized carbons (Fsp3) is 0.0444. The van der Waals surface area contributed by atoms with Crippen LogP contribution in [0.3, 0.4) is 0 Å². The smallest absolute Gasteiger partial charge is 0.200 e. The second-order valence-corrected chi connectivity index (χ2v) is 14.4. The van der Waals surface area contributed by atoms with E-state index in [1.54, 1.807) is 5.57 Å². The van der Waals surface area contributed by atoms with Crippen molar-refractivity contribution in [3.8, 4) is 0 Å². The van der Waals surface area contributed by atoms with Gasteiger partial charge in [0.1, 0.15) is 52.7 Å². The van der Waals surface area contributed by atoms with Crippen LogP contribution in [0.5, 0.6) is 0 Å². The summed E-state index contributed by atoms with van der Waals surface area (Å²) in [5.41, 5.74) is -8.56. The molecule has 8 rings (SSSR count). The Kier molecular flexibility index (Phi) is 12.5. The molecule has 6 aromatic carbocycles. The van der Waals surface area contributed by atoms with E-state index < -0.39 is 144 Å². The summed E-state index contributed by atoms with van der Waals surface area (Å²) in [4.78, 5) is 0. The Labute approximate surface area is 357 Å². The molecule has 1 fully saturated rings. The molecule has 2 unspecified atom stereocenters. The number of allylic oxidation sites excluding steroid dienone is 6. The summed E-state index contributed by atoms with van der Waals surface area (Å²) in [5.74, 6) is -70.4. The molecule has 2 aliphatic rings. The molecule has 0 spiro atoms. The van der Waals surface area contributed by atoms with Gasteiger partial charge in [-0.3, -0.25) is 0 Å². The Morgan fingerprint density at radius 2 is 0.545 bits per heavy atom. The van der Waals surface area contributed by atoms with Crippen molar-refractivity contribution in [2.24, 2.45) is 0 Å². The van der Waals surface area contributed by atoms with Gasteiger partial charge in [-0.15, -0.1) is 21.9 Å². The van der Waals surface area contributed by atoms with Gasteiger partial charge in [-0.1, -0.05) is 60.7 Å². The molecule has 66 heavy (non-hydrogen) atoms. The molecule has 21 heteroatoms. The van der Waals surface area contributed by atoms with Crippen LogP contribution in [-0.4, -0.2) is 6.15 Å². The summed E-state index contributed by atoms with van der Waals surface area (Å²) in [6.07, 6.45) is 3.59. The van der Waals surface area contributed by atoms with E-state index in [1.807, 2.05) is 0 Å². The highest BCUT2D eigenvalue weighted by molar-refractivity contribution is 7.20. The number of benzene rings is 6. The van der Waals surface area contributed by atoms with E-state index in [-0.39, 0.29) is 0 Å². The van der Waals surface area contributed by atoms with E-state index in [4.69, 9.17) is 0 Å². The van der Waals surface area contributed by atoms with Gasteiger partial charge in [-0.2, -0.15) is 0 Å². The van der Waals surface area contributed by atoms with E-state index in [9.17, 15) is 52.7 Å². The lowest BCUT2D eigenvalue weighted by Crippen LogP contribution is -2.81. The summed E-state index contributed by atoms with van der Waals surface area (Å²) in [7, 11) is 0. The van der Waals surface area contributed by atoms with Gasteiger partial charge in [0.25, 0.3) is 0 Å². The summed E-state index contributed by atoms with van der Waals surface area (Å²) in [6.45, 7) is 0. The van der Waals surface area contributed by atoms with Crippen LogP contribution in [0.25, 0.3) is 0 Å². The molecule has 0 amide bonds. The Hall–Kier alpha value is -6.93. The third-order valence-corrected chi connectivity index (χ3v) is 11.0. The molecule has 0 radical (unpaired) electrons. The lowest BCUT2D eigenvalue weighted by atomic mass is 9.12. The zero-order valence-electron chi connectivity index (χ0n) is 32.0. The molecule has 0 aromatic heterocycles. The van der Waals surface area contributed by atoms with Gasteiger partial charge in [0.2, 0.25) is 0 Å². The normalized spacial score (nSPS) is 15.5. The van der Waals surface area contributed by atoms with Crippen LogP contribution in [0.2, 0.25) is 0 Å². The quantitative estimate of drug-likeness (QED) is 0.0513. The Morgan fingerprint density at radius 3 is 0.773 bits per heavy atom. The molecular formula is C45H17BF20. The first-order chi connectivity index (χ1) is 31.2. The first kappa shape index (κ1) is 47.0. The lowest BCUT2D eigenvalue weighted by molar-refractivity contribution is 0.378. The molecule has 2 atom stereocenters. The molecule has 1 saturated carbocycles. The second kappa shape index (κ2) is 17.5. The van der Waals surface area contributed by atoms with Crippen molar-refractivity contribution in [2.75, 3.05) is 0 Å². The van der Waals surface area contributed by atoms with Gasteiger partial charge >= 0.3 is 0 Å². The largest absolute Gasteiger partial charge is 0.207 e. The van der Waals surface area contributed by atoms with Crippen LogP contribution in [-0.2, 0) is 0 Å². The molecule has 340 valence electrons. The zero-order chi connectivity index (χ0) is 48.4. The highest BCUT2D eigenvalue weighted by Crippen LogP contribution is 2.62. The average molecular weight is 948 g/mol. The molecule has 0 heterocycles. The fourth-order valence-corrected chi connectivity index (χ4v) is 8.19. The van der Waals surface area contributed by atoms with Crippen molar-refractivity contribution in [3.05, 3.63) is 230 Å². The molecule has 0 N–H and O–H groups in total. The predicted octanol–water partition coefficient (Wildman–Crippen LogP) is 11.0. The SMILES string of the molecule is C1=C[CH+]C(=C2C(c3ccccc3)C2c2ccccc2)C=C1.Fc1c(F)c(F)c([B-](c2c(F)c(F)c(F)c(F)c2F)(c2c(F)c(F)c(F)c(F)c2F)c2c(F)c(F)c(F)c(F)c2F)c(F)c1F. The van der Waals surface area contributed by atoms with Crippen molar-refractivity contribution in [3.63, 3.8) is 0 Å². The number of hydrogen-bond donors (Lipinski definition) is 0. The van der Waals surface area contributed by atoms with Gasteiger partial charge in [0.15, 0.2) is 69.8 Å². The van der Waals surface area contributed by atoms with Crippen LogP contribution in [0.4, 0.5) is 87.8 Å². The average Bonchev–Trinajstić information content (AvgIpc) is 4.08. The van der Waals surface area contributed by atoms with Crippen molar-refractivity contribution in [2.45, 2.75) is 11.8 Å². The number of hydrogen-bond acceptors (Lipinski definition) is 0. The first-order valence-electron chi connectivity index (χ1n) is 18.4. The van der Waals surface area contributed by atoms with E-state index in [0.29, 0.717) is 11.8 Å². The fourth-order valence-electron chi connectivity index (χ4n) is 8.19. The monoisotopic (exact) mass is 948 g/mol. The molecule has 0 aliphatic heterocycles. The van der Waals surface area contributed by atoms with Gasteiger partial charge in [-0.25, -0.2) is 87.8 Å². The maximum Gasteiger partial charge on any atom is 0.200 e. The van der Waals surface area contributed by atoms with Crippen LogP contribution in [0.15, 0.2) is 96.1 Å². The molecule has 2 aliphatic carbocycles. The zero-order valence-corrected chi connectivity index (χ0v) is 32.0. The minimum Gasteiger partial charge on any atom is -0.207 e. The second-order valence-electron chi connectivity index (χ2n) is 14.4. The predicted molar refractivity (Wildman–Crippen MR) is 197 cm³/mol. The first-order valence-corrected chi connectivity index (χ1v) is 18.4. The summed E-state index contributed by atoms with van der Waals surface area (Å²) in [6, 6.07) is 21.7. The van der Waals surface area contributed by atoms with Gasteiger partial charge in [-0.05, 0) is 11.1 Å². The summed E-state index contributed by atoms with van der Waals surface area (Å²) in [5, 5.41) is 0. The third-order valence-electron chi connectivity index (χ3n) is 11.0. The summed E-state index contributed by atoms with van der Waals surface area (Å²) < 4.78 is 294. The highest BCUT2D eigenvalue weighted by atomic mass is 19.2. The molecule has 0 nitrogen and oxygen atoms in total. The van der Waals surface area contributed by atoms with E-state index in [0.717, 1.165) is 0 Å². The number of rotatable bonds is 6. The molecular weight excluding hydrogens is 931 g/mol. The van der Waals surface area contributed by atoms with Crippen molar-refractivity contribution >= 4 is 28.0 Å². The van der Waals surface area contributed by atoms with E-state index in [1.165, 1.54) is 16.7 Å². The third kappa shape index (κ3) is 7.09. The minimum atomic E-state index is -7.22. The van der Waals surface area contributed by atoms with Crippen LogP contribution in [0.1, 0.15) is 23.0 Å². The highest BCUT2D eigenvalue weighted by Gasteiger charge is 2.54.